The number of benzene rings is 3. The molecule has 0 aliphatic heterocycles. The fourth-order valence-corrected chi connectivity index (χ4v) is 4.32. The number of nitrogens with zero attached hydrogens (tertiary/aromatic N) is 2. The Bertz CT molecular complexity index is 1190. The van der Waals surface area contributed by atoms with Crippen LogP contribution in [0.15, 0.2) is 82.7 Å². The van der Waals surface area contributed by atoms with Gasteiger partial charge in [-0.05, 0) is 36.2 Å². The summed E-state index contributed by atoms with van der Waals surface area (Å²) in [6.07, 6.45) is 0. The van der Waals surface area contributed by atoms with Crippen molar-refractivity contribution in [3.8, 4) is 0 Å². The minimum Gasteiger partial charge on any atom is -0.283 e. The Hall–Kier alpha value is -2.56. The number of para-hydroxylation sites is 1. The lowest BCUT2D eigenvalue weighted by molar-refractivity contribution is 0.658. The molecule has 1 aromatic heterocycles. The number of halogens is 1. The largest absolute Gasteiger partial charge is 0.283 e. The predicted octanol–water partition coefficient (Wildman–Crippen LogP) is 5.70. The van der Waals surface area contributed by atoms with Gasteiger partial charge < -0.3 is 0 Å². The molecule has 0 saturated carbocycles. The molecule has 1 heterocycles. The lowest BCUT2D eigenvalue weighted by Crippen LogP contribution is -2.24. The number of thioether (sulfide) groups is 1. The molecule has 0 atom stereocenters. The predicted molar refractivity (Wildman–Crippen MR) is 117 cm³/mol. The topological polar surface area (TPSA) is 34.9 Å². The summed E-state index contributed by atoms with van der Waals surface area (Å²) in [6.45, 7) is 2.54. The molecular formula is C23H19ClN2OS. The summed E-state index contributed by atoms with van der Waals surface area (Å²) in [5, 5.41) is 2.06. The first kappa shape index (κ1) is 18.8. The normalized spacial score (nSPS) is 11.1. The van der Waals surface area contributed by atoms with Gasteiger partial charge in [0.2, 0.25) is 0 Å². The quantitative estimate of drug-likeness (QED) is 0.315. The molecule has 0 spiro atoms. The first-order chi connectivity index (χ1) is 13.6. The van der Waals surface area contributed by atoms with Gasteiger partial charge in [0.15, 0.2) is 5.16 Å². The fourth-order valence-electron chi connectivity index (χ4n) is 3.03. The monoisotopic (exact) mass is 406 g/mol. The molecule has 0 aliphatic rings. The molecule has 0 bridgehead atoms. The maximum absolute atomic E-state index is 13.2. The van der Waals surface area contributed by atoms with Crippen molar-refractivity contribution in [1.82, 2.24) is 9.55 Å². The van der Waals surface area contributed by atoms with Crippen LogP contribution in [0.1, 0.15) is 16.7 Å². The van der Waals surface area contributed by atoms with Crippen molar-refractivity contribution < 1.29 is 0 Å². The molecule has 5 heteroatoms. The minimum absolute atomic E-state index is 0.0205. The van der Waals surface area contributed by atoms with Crippen molar-refractivity contribution in [3.63, 3.8) is 0 Å². The summed E-state index contributed by atoms with van der Waals surface area (Å²) in [4.78, 5) is 18.0. The molecule has 0 saturated heterocycles. The number of aryl methyl sites for hydroxylation is 1. The van der Waals surface area contributed by atoms with Crippen molar-refractivity contribution >= 4 is 34.3 Å². The Labute approximate surface area is 173 Å². The van der Waals surface area contributed by atoms with Gasteiger partial charge in [0.25, 0.3) is 5.56 Å². The van der Waals surface area contributed by atoms with Crippen LogP contribution >= 0.6 is 23.4 Å². The van der Waals surface area contributed by atoms with Gasteiger partial charge in [-0.2, -0.15) is 0 Å². The molecule has 0 aliphatic carbocycles. The number of hydrogen-bond donors (Lipinski definition) is 0. The maximum atomic E-state index is 13.2. The van der Waals surface area contributed by atoms with Gasteiger partial charge >= 0.3 is 0 Å². The summed E-state index contributed by atoms with van der Waals surface area (Å²) < 4.78 is 1.76. The van der Waals surface area contributed by atoms with E-state index in [2.05, 4.69) is 31.2 Å². The highest BCUT2D eigenvalue weighted by Crippen LogP contribution is 2.26. The van der Waals surface area contributed by atoms with Gasteiger partial charge in [-0.25, -0.2) is 4.98 Å². The molecule has 0 amide bonds. The van der Waals surface area contributed by atoms with Crippen molar-refractivity contribution in [3.05, 3.63) is 105 Å². The second kappa shape index (κ2) is 8.21. The summed E-state index contributed by atoms with van der Waals surface area (Å²) >= 11 is 7.83. The lowest BCUT2D eigenvalue weighted by Gasteiger charge is -2.14. The second-order valence-electron chi connectivity index (χ2n) is 6.67. The van der Waals surface area contributed by atoms with Crippen LogP contribution in [0.25, 0.3) is 10.9 Å². The molecule has 0 fully saturated rings. The summed E-state index contributed by atoms with van der Waals surface area (Å²) in [5.41, 5.74) is 3.99. The highest BCUT2D eigenvalue weighted by Gasteiger charge is 2.13. The Kier molecular flexibility index (Phi) is 5.51. The average Bonchev–Trinajstić information content (AvgIpc) is 2.71. The third-order valence-corrected chi connectivity index (χ3v) is 6.00. The van der Waals surface area contributed by atoms with Crippen LogP contribution in [-0.2, 0) is 12.3 Å². The fraction of sp³-hybridized carbons (Fsp3) is 0.130. The van der Waals surface area contributed by atoms with E-state index in [0.717, 1.165) is 16.1 Å². The summed E-state index contributed by atoms with van der Waals surface area (Å²) in [6, 6.07) is 23.5. The SMILES string of the molecule is Cc1ccc(Cn2c(SCc3ccccc3Cl)nc3ccccc3c2=O)cc1. The minimum atomic E-state index is -0.0205. The van der Waals surface area contributed by atoms with Gasteiger partial charge in [-0.3, -0.25) is 9.36 Å². The van der Waals surface area contributed by atoms with E-state index in [-0.39, 0.29) is 5.56 Å². The van der Waals surface area contributed by atoms with Crippen LogP contribution in [-0.4, -0.2) is 9.55 Å². The van der Waals surface area contributed by atoms with E-state index >= 15 is 0 Å². The zero-order valence-corrected chi connectivity index (χ0v) is 17.0. The Morgan fingerprint density at radius 2 is 1.68 bits per heavy atom. The Morgan fingerprint density at radius 1 is 0.964 bits per heavy atom. The zero-order valence-electron chi connectivity index (χ0n) is 15.4. The van der Waals surface area contributed by atoms with E-state index in [1.807, 2.05) is 48.5 Å². The van der Waals surface area contributed by atoms with E-state index < -0.39 is 0 Å². The van der Waals surface area contributed by atoms with Crippen LogP contribution in [0.2, 0.25) is 5.02 Å². The molecule has 28 heavy (non-hydrogen) atoms. The third-order valence-electron chi connectivity index (χ3n) is 4.60. The molecular weight excluding hydrogens is 388 g/mol. The summed E-state index contributed by atoms with van der Waals surface area (Å²) in [5.74, 6) is 0.651. The van der Waals surface area contributed by atoms with E-state index in [4.69, 9.17) is 16.6 Å². The van der Waals surface area contributed by atoms with E-state index in [1.54, 1.807) is 4.57 Å². The van der Waals surface area contributed by atoms with Gasteiger partial charge in [0, 0.05) is 10.8 Å². The number of rotatable bonds is 5. The zero-order chi connectivity index (χ0) is 19.5. The van der Waals surface area contributed by atoms with Crippen LogP contribution in [0.4, 0.5) is 0 Å². The number of hydrogen-bond acceptors (Lipinski definition) is 3. The molecule has 4 aromatic rings. The van der Waals surface area contributed by atoms with Crippen LogP contribution in [0.3, 0.4) is 0 Å². The van der Waals surface area contributed by atoms with E-state index in [0.29, 0.717) is 28.4 Å². The van der Waals surface area contributed by atoms with Crippen molar-refractivity contribution in [1.29, 1.82) is 0 Å². The van der Waals surface area contributed by atoms with Crippen molar-refractivity contribution in [2.45, 2.75) is 24.4 Å². The highest BCUT2D eigenvalue weighted by atomic mass is 35.5. The molecule has 4 rings (SSSR count). The van der Waals surface area contributed by atoms with Crippen molar-refractivity contribution in [2.24, 2.45) is 0 Å². The first-order valence-corrected chi connectivity index (χ1v) is 10.4. The van der Waals surface area contributed by atoms with Gasteiger partial charge in [0.05, 0.1) is 17.4 Å². The molecule has 0 radical (unpaired) electrons. The second-order valence-corrected chi connectivity index (χ2v) is 8.02. The number of fused-ring (bicyclic) bond motifs is 1. The average molecular weight is 407 g/mol. The molecule has 140 valence electrons. The van der Waals surface area contributed by atoms with Crippen LogP contribution < -0.4 is 5.56 Å². The van der Waals surface area contributed by atoms with Gasteiger partial charge in [-0.15, -0.1) is 0 Å². The highest BCUT2D eigenvalue weighted by molar-refractivity contribution is 7.98. The molecule has 0 N–H and O–H groups in total. The standard InChI is InChI=1S/C23H19ClN2OS/c1-16-10-12-17(13-11-16)14-26-22(27)19-7-3-5-9-21(19)25-23(26)28-15-18-6-2-4-8-20(18)24/h2-13H,14-15H2,1H3. The van der Waals surface area contributed by atoms with E-state index in [9.17, 15) is 4.79 Å². The van der Waals surface area contributed by atoms with Gasteiger partial charge in [0.1, 0.15) is 0 Å². The van der Waals surface area contributed by atoms with Gasteiger partial charge in [-0.1, -0.05) is 83.5 Å². The molecule has 3 nitrogen and oxygen atoms in total. The third kappa shape index (κ3) is 3.98. The van der Waals surface area contributed by atoms with Crippen LogP contribution in [0.5, 0.6) is 0 Å². The van der Waals surface area contributed by atoms with E-state index in [1.165, 1.54) is 17.3 Å². The molecule has 0 unspecified atom stereocenters. The Balaban J connectivity index is 1.75. The smallest absolute Gasteiger partial charge is 0.262 e. The lowest BCUT2D eigenvalue weighted by atomic mass is 10.1. The Morgan fingerprint density at radius 3 is 2.46 bits per heavy atom. The molecule has 3 aromatic carbocycles. The maximum Gasteiger partial charge on any atom is 0.262 e. The van der Waals surface area contributed by atoms with Crippen LogP contribution in [0, 0.1) is 6.92 Å². The number of aromatic nitrogens is 2. The van der Waals surface area contributed by atoms with Crippen molar-refractivity contribution in [2.75, 3.05) is 0 Å². The summed E-state index contributed by atoms with van der Waals surface area (Å²) in [7, 11) is 0. The first-order valence-electron chi connectivity index (χ1n) is 9.03.